The lowest BCUT2D eigenvalue weighted by atomic mass is 10.2. The van der Waals surface area contributed by atoms with Crippen LogP contribution in [0.5, 0.6) is 5.75 Å². The van der Waals surface area contributed by atoms with E-state index in [9.17, 15) is 4.79 Å². The van der Waals surface area contributed by atoms with E-state index in [-0.39, 0.29) is 6.03 Å². The van der Waals surface area contributed by atoms with Gasteiger partial charge in [0.2, 0.25) is 0 Å². The quantitative estimate of drug-likeness (QED) is 0.432. The highest BCUT2D eigenvalue weighted by molar-refractivity contribution is 5.99. The fraction of sp³-hybridized carbons (Fsp3) is 0.0909. The second-order valence-electron chi connectivity index (χ2n) is 6.64. The van der Waals surface area contributed by atoms with Crippen molar-refractivity contribution in [1.29, 1.82) is 0 Å². The molecule has 4 rings (SSSR count). The summed E-state index contributed by atoms with van der Waals surface area (Å²) in [6.45, 7) is 1.83. The number of nitrogens with one attached hydrogen (secondary N) is 3. The Morgan fingerprint density at radius 1 is 0.935 bits per heavy atom. The van der Waals surface area contributed by atoms with Crippen molar-refractivity contribution < 1.29 is 9.53 Å². The van der Waals surface area contributed by atoms with Crippen LogP contribution >= 0.6 is 0 Å². The van der Waals surface area contributed by atoms with Crippen molar-refractivity contribution in [3.63, 3.8) is 0 Å². The number of aromatic nitrogens is 4. The van der Waals surface area contributed by atoms with Gasteiger partial charge in [-0.1, -0.05) is 0 Å². The average molecular weight is 415 g/mol. The Morgan fingerprint density at radius 3 is 2.19 bits per heavy atom. The molecule has 3 N–H and O–H groups in total. The molecule has 2 amide bonds. The molecule has 0 fully saturated rings. The normalized spacial score (nSPS) is 10.4. The Hall–Kier alpha value is -4.40. The summed E-state index contributed by atoms with van der Waals surface area (Å²) in [5, 5.41) is 8.83. The molecule has 2 heterocycles. The lowest BCUT2D eigenvalue weighted by Gasteiger charge is -2.11. The SMILES string of the molecule is COc1ccc(NC(=O)Nc2ccc(Nc3cc(-n4ccnc4)nc(C)n3)cc2)cc1. The molecule has 0 saturated heterocycles. The maximum absolute atomic E-state index is 12.2. The second-order valence-corrected chi connectivity index (χ2v) is 6.64. The van der Waals surface area contributed by atoms with Crippen LogP contribution in [-0.4, -0.2) is 32.7 Å². The summed E-state index contributed by atoms with van der Waals surface area (Å²) in [6, 6.07) is 15.9. The van der Waals surface area contributed by atoms with Crippen molar-refractivity contribution in [2.45, 2.75) is 6.92 Å². The minimum absolute atomic E-state index is 0.331. The molecule has 9 nitrogen and oxygen atoms in total. The highest BCUT2D eigenvalue weighted by atomic mass is 16.5. The maximum Gasteiger partial charge on any atom is 0.323 e. The number of nitrogens with zero attached hydrogens (tertiary/aromatic N) is 4. The first-order valence-corrected chi connectivity index (χ1v) is 9.52. The summed E-state index contributed by atoms with van der Waals surface area (Å²) in [5.74, 6) is 2.75. The van der Waals surface area contributed by atoms with Gasteiger partial charge in [-0.15, -0.1) is 0 Å². The van der Waals surface area contributed by atoms with Gasteiger partial charge in [-0.3, -0.25) is 4.57 Å². The molecular weight excluding hydrogens is 394 g/mol. The number of ether oxygens (including phenoxy) is 1. The summed E-state index contributed by atoms with van der Waals surface area (Å²) in [5.41, 5.74) is 2.16. The van der Waals surface area contributed by atoms with Crippen molar-refractivity contribution in [3.05, 3.63) is 79.1 Å². The number of urea groups is 1. The fourth-order valence-electron chi connectivity index (χ4n) is 2.90. The Kier molecular flexibility index (Phi) is 5.75. The predicted molar refractivity (Wildman–Crippen MR) is 119 cm³/mol. The molecule has 0 spiro atoms. The van der Waals surface area contributed by atoms with E-state index in [1.54, 1.807) is 56.0 Å². The van der Waals surface area contributed by atoms with E-state index >= 15 is 0 Å². The van der Waals surface area contributed by atoms with Crippen LogP contribution in [0.25, 0.3) is 5.82 Å². The Labute approximate surface area is 179 Å². The average Bonchev–Trinajstić information content (AvgIpc) is 3.30. The molecule has 0 unspecified atom stereocenters. The summed E-state index contributed by atoms with van der Waals surface area (Å²) in [4.78, 5) is 25.1. The van der Waals surface area contributed by atoms with Gasteiger partial charge >= 0.3 is 6.03 Å². The molecule has 2 aromatic carbocycles. The highest BCUT2D eigenvalue weighted by Crippen LogP contribution is 2.20. The monoisotopic (exact) mass is 415 g/mol. The minimum atomic E-state index is -0.331. The number of carbonyl (C=O) groups is 1. The number of methoxy groups -OCH3 is 1. The van der Waals surface area contributed by atoms with Crippen molar-refractivity contribution in [1.82, 2.24) is 19.5 Å². The number of anilines is 4. The lowest BCUT2D eigenvalue weighted by molar-refractivity contribution is 0.262. The zero-order valence-electron chi connectivity index (χ0n) is 17.0. The maximum atomic E-state index is 12.2. The number of imidazole rings is 1. The first kappa shape index (κ1) is 19.9. The third kappa shape index (κ3) is 5.15. The number of amides is 2. The van der Waals surface area contributed by atoms with Crippen molar-refractivity contribution in [2.24, 2.45) is 0 Å². The lowest BCUT2D eigenvalue weighted by Crippen LogP contribution is -2.19. The van der Waals surface area contributed by atoms with Crippen LogP contribution in [0.1, 0.15) is 5.82 Å². The molecule has 0 aliphatic rings. The number of carbonyl (C=O) groups excluding carboxylic acids is 1. The molecule has 0 bridgehead atoms. The summed E-state index contributed by atoms with van der Waals surface area (Å²) < 4.78 is 6.92. The third-order valence-electron chi connectivity index (χ3n) is 4.36. The van der Waals surface area contributed by atoms with E-state index in [1.165, 1.54) is 0 Å². The first-order valence-electron chi connectivity index (χ1n) is 9.52. The van der Waals surface area contributed by atoms with E-state index in [1.807, 2.05) is 35.9 Å². The molecule has 0 saturated carbocycles. The van der Waals surface area contributed by atoms with Crippen LogP contribution < -0.4 is 20.7 Å². The van der Waals surface area contributed by atoms with Crippen LogP contribution in [0.15, 0.2) is 73.3 Å². The number of hydrogen-bond acceptors (Lipinski definition) is 6. The van der Waals surface area contributed by atoms with Crippen LogP contribution in [-0.2, 0) is 0 Å². The van der Waals surface area contributed by atoms with Gasteiger partial charge in [-0.05, 0) is 55.5 Å². The molecule has 9 heteroatoms. The van der Waals surface area contributed by atoms with Gasteiger partial charge in [0.1, 0.15) is 29.5 Å². The molecule has 31 heavy (non-hydrogen) atoms. The van der Waals surface area contributed by atoms with Crippen LogP contribution in [0.3, 0.4) is 0 Å². The van der Waals surface area contributed by atoms with Crippen molar-refractivity contribution in [2.75, 3.05) is 23.1 Å². The second kappa shape index (κ2) is 8.95. The summed E-state index contributed by atoms with van der Waals surface area (Å²) in [7, 11) is 1.60. The summed E-state index contributed by atoms with van der Waals surface area (Å²) in [6.07, 6.45) is 5.20. The molecular formula is C22H21N7O2. The van der Waals surface area contributed by atoms with E-state index in [0.29, 0.717) is 23.0 Å². The van der Waals surface area contributed by atoms with Gasteiger partial charge in [-0.25, -0.2) is 19.7 Å². The Bertz CT molecular complexity index is 1160. The molecule has 2 aromatic heterocycles. The minimum Gasteiger partial charge on any atom is -0.497 e. The highest BCUT2D eigenvalue weighted by Gasteiger charge is 2.06. The van der Waals surface area contributed by atoms with E-state index in [2.05, 4.69) is 30.9 Å². The van der Waals surface area contributed by atoms with Gasteiger partial charge in [0, 0.05) is 35.5 Å². The van der Waals surface area contributed by atoms with Gasteiger partial charge < -0.3 is 20.7 Å². The fourth-order valence-corrected chi connectivity index (χ4v) is 2.90. The van der Waals surface area contributed by atoms with Gasteiger partial charge in [0.05, 0.1) is 7.11 Å². The zero-order chi connectivity index (χ0) is 21.6. The Morgan fingerprint density at radius 2 is 1.58 bits per heavy atom. The smallest absolute Gasteiger partial charge is 0.323 e. The van der Waals surface area contributed by atoms with Gasteiger partial charge in [-0.2, -0.15) is 0 Å². The van der Waals surface area contributed by atoms with Crippen molar-refractivity contribution >= 4 is 28.9 Å². The number of hydrogen-bond donors (Lipinski definition) is 3. The standard InChI is InChI=1S/C22H21N7O2/c1-15-24-20(13-21(25-15)29-12-11-23-14-29)26-16-3-5-17(6-4-16)27-22(30)28-18-7-9-19(31-2)10-8-18/h3-14H,1-2H3,(H,24,25,26)(H2,27,28,30). The van der Waals surface area contributed by atoms with Crippen LogP contribution in [0, 0.1) is 6.92 Å². The number of aryl methyl sites for hydroxylation is 1. The number of rotatable bonds is 6. The molecule has 0 aliphatic carbocycles. The van der Waals surface area contributed by atoms with Gasteiger partial charge in [0.25, 0.3) is 0 Å². The van der Waals surface area contributed by atoms with Crippen molar-refractivity contribution in [3.8, 4) is 11.6 Å². The Balaban J connectivity index is 1.38. The van der Waals surface area contributed by atoms with Crippen LogP contribution in [0.2, 0.25) is 0 Å². The molecule has 156 valence electrons. The summed E-state index contributed by atoms with van der Waals surface area (Å²) >= 11 is 0. The molecule has 0 aliphatic heterocycles. The predicted octanol–water partition coefficient (Wildman–Crippen LogP) is 4.37. The topological polar surface area (TPSA) is 106 Å². The zero-order valence-corrected chi connectivity index (χ0v) is 17.0. The van der Waals surface area contributed by atoms with E-state index < -0.39 is 0 Å². The third-order valence-corrected chi connectivity index (χ3v) is 4.36. The van der Waals surface area contributed by atoms with E-state index in [4.69, 9.17) is 4.74 Å². The number of benzene rings is 2. The molecule has 0 atom stereocenters. The van der Waals surface area contributed by atoms with Gasteiger partial charge in [0.15, 0.2) is 0 Å². The largest absolute Gasteiger partial charge is 0.497 e. The molecule has 4 aromatic rings. The van der Waals surface area contributed by atoms with E-state index in [0.717, 1.165) is 17.3 Å². The first-order chi connectivity index (χ1) is 15.1. The van der Waals surface area contributed by atoms with Crippen LogP contribution in [0.4, 0.5) is 27.7 Å². The molecule has 0 radical (unpaired) electrons.